The van der Waals surface area contributed by atoms with Crippen molar-refractivity contribution in [1.82, 2.24) is 5.43 Å². The second-order valence-electron chi connectivity index (χ2n) is 6.03. The van der Waals surface area contributed by atoms with Crippen LogP contribution in [0.1, 0.15) is 24.0 Å². The lowest BCUT2D eigenvalue weighted by atomic mass is 10.0. The number of hydrazone groups is 1. The predicted molar refractivity (Wildman–Crippen MR) is 95.6 cm³/mol. The van der Waals surface area contributed by atoms with E-state index in [1.807, 2.05) is 12.1 Å². The Morgan fingerprint density at radius 1 is 1.08 bits per heavy atom. The second-order valence-corrected chi connectivity index (χ2v) is 8.20. The lowest BCUT2D eigenvalue weighted by Crippen LogP contribution is -2.32. The molecular weight excluding hydrogens is 357 g/mol. The molecule has 1 unspecified atom stereocenters. The molecule has 1 atom stereocenters. The number of nitrogens with one attached hydrogen (secondary N) is 1. The molecule has 0 saturated heterocycles. The quantitative estimate of drug-likeness (QED) is 0.777. The van der Waals surface area contributed by atoms with Crippen LogP contribution in [0, 0.1) is 5.82 Å². The fraction of sp³-hybridized carbons (Fsp3) is 0.222. The van der Waals surface area contributed by atoms with E-state index in [4.69, 9.17) is 5.73 Å². The molecule has 2 aromatic carbocycles. The van der Waals surface area contributed by atoms with Crippen LogP contribution >= 0.6 is 0 Å². The maximum absolute atomic E-state index is 13.0. The maximum atomic E-state index is 13.0. The Morgan fingerprint density at radius 2 is 1.73 bits per heavy atom. The van der Waals surface area contributed by atoms with E-state index in [0.29, 0.717) is 12.8 Å². The predicted octanol–water partition coefficient (Wildman–Crippen LogP) is 1.74. The lowest BCUT2D eigenvalue weighted by Gasteiger charge is -2.15. The van der Waals surface area contributed by atoms with Gasteiger partial charge in [-0.25, -0.2) is 18.2 Å². The highest BCUT2D eigenvalue weighted by molar-refractivity contribution is 7.92. The molecule has 8 heteroatoms. The zero-order chi connectivity index (χ0) is 18.7. The van der Waals surface area contributed by atoms with Crippen LogP contribution in [0.5, 0.6) is 0 Å². The number of nitrogens with zero attached hydrogens (tertiary/aromatic N) is 1. The van der Waals surface area contributed by atoms with E-state index >= 15 is 0 Å². The SMILES string of the molecule is NC(Cc1ccc(C2=NNC(=O)CC2)cc1)S(=O)(=O)c1ccc(F)cc1. The smallest absolute Gasteiger partial charge is 0.240 e. The van der Waals surface area contributed by atoms with Crippen molar-refractivity contribution < 1.29 is 17.6 Å². The normalized spacial score (nSPS) is 15.9. The van der Waals surface area contributed by atoms with Gasteiger partial charge in [0.25, 0.3) is 0 Å². The topological polar surface area (TPSA) is 102 Å². The Balaban J connectivity index is 1.72. The minimum absolute atomic E-state index is 0.00433. The number of hydrogen-bond acceptors (Lipinski definition) is 5. The molecular formula is C18H18FN3O3S. The molecule has 3 N–H and O–H groups in total. The molecule has 2 aromatic rings. The van der Waals surface area contributed by atoms with E-state index in [-0.39, 0.29) is 17.2 Å². The number of halogens is 1. The van der Waals surface area contributed by atoms with E-state index < -0.39 is 21.0 Å². The molecule has 0 bridgehead atoms. The molecule has 0 saturated carbocycles. The molecule has 26 heavy (non-hydrogen) atoms. The zero-order valence-electron chi connectivity index (χ0n) is 13.9. The third-order valence-corrected chi connectivity index (χ3v) is 6.06. The largest absolute Gasteiger partial charge is 0.315 e. The molecule has 3 rings (SSSR count). The second kappa shape index (κ2) is 7.35. The van der Waals surface area contributed by atoms with Gasteiger partial charge in [0.1, 0.15) is 11.2 Å². The molecule has 0 fully saturated rings. The third-order valence-electron chi connectivity index (χ3n) is 4.17. The average molecular weight is 375 g/mol. The Hall–Kier alpha value is -2.58. The summed E-state index contributed by atoms with van der Waals surface area (Å²) in [5, 5.41) is 2.89. The molecule has 6 nitrogen and oxygen atoms in total. The molecule has 0 aromatic heterocycles. The summed E-state index contributed by atoms with van der Waals surface area (Å²) in [6, 6.07) is 11.8. The molecule has 1 amide bonds. The first-order valence-electron chi connectivity index (χ1n) is 8.06. The fourth-order valence-corrected chi connectivity index (χ4v) is 3.93. The number of carbonyl (C=O) groups excluding carboxylic acids is 1. The zero-order valence-corrected chi connectivity index (χ0v) is 14.7. The fourth-order valence-electron chi connectivity index (χ4n) is 2.66. The highest BCUT2D eigenvalue weighted by Gasteiger charge is 2.24. The van der Waals surface area contributed by atoms with Crippen LogP contribution in [-0.4, -0.2) is 25.4 Å². The number of sulfone groups is 1. The van der Waals surface area contributed by atoms with Gasteiger partial charge in [-0.15, -0.1) is 0 Å². The number of nitrogens with two attached hydrogens (primary N) is 1. The van der Waals surface area contributed by atoms with Crippen molar-refractivity contribution in [2.24, 2.45) is 10.8 Å². The van der Waals surface area contributed by atoms with E-state index in [2.05, 4.69) is 10.5 Å². The first-order valence-corrected chi connectivity index (χ1v) is 9.60. The van der Waals surface area contributed by atoms with E-state index in [0.717, 1.165) is 29.0 Å². The highest BCUT2D eigenvalue weighted by Crippen LogP contribution is 2.18. The summed E-state index contributed by atoms with van der Waals surface area (Å²) in [4.78, 5) is 11.1. The number of hydrogen-bond donors (Lipinski definition) is 2. The summed E-state index contributed by atoms with van der Waals surface area (Å²) in [6.07, 6.45) is 1.08. The van der Waals surface area contributed by atoms with Crippen molar-refractivity contribution in [1.29, 1.82) is 0 Å². The Bertz CT molecular complexity index is 939. The Labute approximate surface area is 150 Å². The lowest BCUT2D eigenvalue weighted by molar-refractivity contribution is -0.121. The van der Waals surface area contributed by atoms with Crippen LogP contribution in [0.25, 0.3) is 0 Å². The van der Waals surface area contributed by atoms with Crippen LogP contribution in [0.4, 0.5) is 4.39 Å². The van der Waals surface area contributed by atoms with Crippen LogP contribution in [0.3, 0.4) is 0 Å². The van der Waals surface area contributed by atoms with Crippen LogP contribution in [0.15, 0.2) is 58.5 Å². The van der Waals surface area contributed by atoms with E-state index in [1.54, 1.807) is 12.1 Å². The minimum Gasteiger partial charge on any atom is -0.315 e. The van der Waals surface area contributed by atoms with Crippen molar-refractivity contribution in [3.05, 3.63) is 65.5 Å². The molecule has 1 heterocycles. The number of benzene rings is 2. The van der Waals surface area contributed by atoms with Crippen LogP contribution in [0.2, 0.25) is 0 Å². The van der Waals surface area contributed by atoms with Crippen LogP contribution < -0.4 is 11.2 Å². The summed E-state index contributed by atoms with van der Waals surface area (Å²) in [5.74, 6) is -0.614. The van der Waals surface area contributed by atoms with Crippen molar-refractivity contribution >= 4 is 21.5 Å². The molecule has 0 radical (unpaired) electrons. The van der Waals surface area contributed by atoms with E-state index in [1.165, 1.54) is 12.1 Å². The number of carbonyl (C=O) groups is 1. The Kier molecular flexibility index (Phi) is 5.15. The molecule has 1 aliphatic rings. The van der Waals surface area contributed by atoms with Gasteiger partial charge in [-0.1, -0.05) is 24.3 Å². The summed E-state index contributed by atoms with van der Waals surface area (Å²) < 4.78 is 37.9. The summed E-state index contributed by atoms with van der Waals surface area (Å²) in [6.45, 7) is 0. The first kappa shape index (κ1) is 18.2. The summed E-state index contributed by atoms with van der Waals surface area (Å²) in [7, 11) is -3.75. The van der Waals surface area contributed by atoms with Gasteiger partial charge in [-0.3, -0.25) is 4.79 Å². The van der Waals surface area contributed by atoms with Gasteiger partial charge >= 0.3 is 0 Å². The van der Waals surface area contributed by atoms with Gasteiger partial charge < -0.3 is 5.73 Å². The molecule has 0 aliphatic carbocycles. The Morgan fingerprint density at radius 3 is 2.31 bits per heavy atom. The maximum Gasteiger partial charge on any atom is 0.240 e. The van der Waals surface area contributed by atoms with Crippen molar-refractivity contribution in [2.45, 2.75) is 29.5 Å². The highest BCUT2D eigenvalue weighted by atomic mass is 32.2. The van der Waals surface area contributed by atoms with Gasteiger partial charge in [0.15, 0.2) is 9.84 Å². The first-order chi connectivity index (χ1) is 12.4. The standard InChI is InChI=1S/C18H18FN3O3S/c19-14-5-7-15(8-6-14)26(24,25)17(20)11-12-1-3-13(4-2-12)16-9-10-18(23)22-21-16/h1-8,17H,9-11,20H2,(H,22,23). The number of amides is 1. The summed E-state index contributed by atoms with van der Waals surface area (Å²) in [5.41, 5.74) is 10.7. The van der Waals surface area contributed by atoms with Crippen molar-refractivity contribution in [2.75, 3.05) is 0 Å². The molecule has 136 valence electrons. The van der Waals surface area contributed by atoms with Gasteiger partial charge in [0.2, 0.25) is 5.91 Å². The van der Waals surface area contributed by atoms with Gasteiger partial charge in [0, 0.05) is 19.3 Å². The monoisotopic (exact) mass is 375 g/mol. The van der Waals surface area contributed by atoms with E-state index in [9.17, 15) is 17.6 Å². The van der Waals surface area contributed by atoms with Crippen LogP contribution in [-0.2, 0) is 21.1 Å². The van der Waals surface area contributed by atoms with Crippen molar-refractivity contribution in [3.63, 3.8) is 0 Å². The number of rotatable bonds is 5. The average Bonchev–Trinajstić information content (AvgIpc) is 2.63. The third kappa shape index (κ3) is 3.97. The van der Waals surface area contributed by atoms with Gasteiger partial charge in [0.05, 0.1) is 10.6 Å². The van der Waals surface area contributed by atoms with Gasteiger partial charge in [-0.05, 0) is 35.4 Å². The van der Waals surface area contributed by atoms with Gasteiger partial charge in [-0.2, -0.15) is 5.10 Å². The summed E-state index contributed by atoms with van der Waals surface area (Å²) >= 11 is 0. The molecule has 1 aliphatic heterocycles. The minimum atomic E-state index is -3.75. The molecule has 0 spiro atoms. The van der Waals surface area contributed by atoms with Crippen molar-refractivity contribution in [3.8, 4) is 0 Å².